The van der Waals surface area contributed by atoms with Crippen LogP contribution in [0.3, 0.4) is 0 Å². The summed E-state index contributed by atoms with van der Waals surface area (Å²) in [6, 6.07) is 0.286. The molecule has 2 aliphatic heterocycles. The Labute approximate surface area is 109 Å². The van der Waals surface area contributed by atoms with Crippen molar-refractivity contribution in [2.45, 2.75) is 51.2 Å². The lowest BCUT2D eigenvalue weighted by atomic mass is 9.86. The van der Waals surface area contributed by atoms with E-state index < -0.39 is 0 Å². The van der Waals surface area contributed by atoms with E-state index in [0.29, 0.717) is 6.61 Å². The van der Waals surface area contributed by atoms with E-state index in [4.69, 9.17) is 9.47 Å². The smallest absolute Gasteiger partial charge is 0.354 e. The zero-order chi connectivity index (χ0) is 13.2. The molecule has 0 spiro atoms. The van der Waals surface area contributed by atoms with Gasteiger partial charge in [-0.05, 0) is 31.8 Å². The van der Waals surface area contributed by atoms with Crippen LogP contribution < -0.4 is 0 Å². The third-order valence-corrected chi connectivity index (χ3v) is 4.47. The first-order valence-corrected chi connectivity index (χ1v) is 6.87. The van der Waals surface area contributed by atoms with Gasteiger partial charge in [0.15, 0.2) is 0 Å². The van der Waals surface area contributed by atoms with Crippen molar-refractivity contribution in [2.75, 3.05) is 20.3 Å². The Morgan fingerprint density at radius 1 is 1.50 bits per heavy atom. The number of methoxy groups -OCH3 is 1. The van der Waals surface area contributed by atoms with Crippen LogP contribution in [0.2, 0.25) is 0 Å². The molecular weight excluding hydrogens is 230 g/mol. The van der Waals surface area contributed by atoms with E-state index in [2.05, 4.69) is 18.7 Å². The highest BCUT2D eigenvalue weighted by molar-refractivity contribution is 5.89. The highest BCUT2D eigenvalue weighted by Gasteiger charge is 2.44. The Kier molecular flexibility index (Phi) is 3.95. The molecule has 1 atom stereocenters. The summed E-state index contributed by atoms with van der Waals surface area (Å²) in [7, 11) is 1.78. The molecule has 102 valence electrons. The lowest BCUT2D eigenvalue weighted by Gasteiger charge is -2.41. The number of rotatable bonds is 5. The summed E-state index contributed by atoms with van der Waals surface area (Å²) in [6.07, 6.45) is 6.01. The fraction of sp³-hybridized carbons (Fsp3) is 0.786. The van der Waals surface area contributed by atoms with Crippen LogP contribution in [0.5, 0.6) is 0 Å². The Morgan fingerprint density at radius 2 is 2.22 bits per heavy atom. The number of esters is 1. The number of ether oxygens (including phenoxy) is 2. The van der Waals surface area contributed by atoms with Gasteiger partial charge in [0.2, 0.25) is 0 Å². The monoisotopic (exact) mass is 253 g/mol. The third kappa shape index (κ3) is 2.03. The molecule has 4 heteroatoms. The molecule has 0 N–H and O–H groups in total. The van der Waals surface area contributed by atoms with Gasteiger partial charge in [0.25, 0.3) is 0 Å². The fourth-order valence-electron chi connectivity index (χ4n) is 3.34. The van der Waals surface area contributed by atoms with E-state index in [1.165, 1.54) is 0 Å². The number of carbonyl (C=O) groups is 1. The van der Waals surface area contributed by atoms with Gasteiger partial charge in [0.1, 0.15) is 12.3 Å². The standard InChI is InChI=1S/C14H23NO3/c1-4-14(5-2,17-3)12-7-6-9-15(12)11-8-10-18-13(11)16/h8,12H,4-7,9-10H2,1-3H3/t12-/m0/s1. The first-order valence-electron chi connectivity index (χ1n) is 6.87. The molecule has 2 rings (SSSR count). The van der Waals surface area contributed by atoms with Crippen LogP contribution in [0, 0.1) is 0 Å². The maximum absolute atomic E-state index is 11.7. The lowest BCUT2D eigenvalue weighted by Crippen LogP contribution is -2.50. The van der Waals surface area contributed by atoms with Crippen LogP contribution in [0.4, 0.5) is 0 Å². The van der Waals surface area contributed by atoms with Crippen molar-refractivity contribution in [3.63, 3.8) is 0 Å². The highest BCUT2D eigenvalue weighted by atomic mass is 16.5. The fourth-order valence-corrected chi connectivity index (χ4v) is 3.34. The van der Waals surface area contributed by atoms with E-state index in [1.807, 2.05) is 6.08 Å². The van der Waals surface area contributed by atoms with Gasteiger partial charge in [0, 0.05) is 13.7 Å². The summed E-state index contributed by atoms with van der Waals surface area (Å²) < 4.78 is 10.9. The molecule has 0 unspecified atom stereocenters. The van der Waals surface area contributed by atoms with Crippen molar-refractivity contribution in [1.29, 1.82) is 0 Å². The molecule has 0 aromatic heterocycles. The van der Waals surface area contributed by atoms with E-state index >= 15 is 0 Å². The number of hydrogen-bond donors (Lipinski definition) is 0. The SMILES string of the molecule is CCC(CC)(OC)[C@@H]1CCCN1C1=CCOC1=O. The van der Waals surface area contributed by atoms with Gasteiger partial charge in [-0.25, -0.2) is 4.79 Å². The quantitative estimate of drug-likeness (QED) is 0.703. The average molecular weight is 253 g/mol. The summed E-state index contributed by atoms with van der Waals surface area (Å²) in [6.45, 7) is 5.65. The maximum atomic E-state index is 11.7. The molecule has 0 aromatic carbocycles. The molecule has 0 bridgehead atoms. The van der Waals surface area contributed by atoms with Crippen molar-refractivity contribution in [2.24, 2.45) is 0 Å². The molecule has 0 aliphatic carbocycles. The van der Waals surface area contributed by atoms with Gasteiger partial charge >= 0.3 is 5.97 Å². The second-order valence-corrected chi connectivity index (χ2v) is 5.02. The van der Waals surface area contributed by atoms with Crippen molar-refractivity contribution in [1.82, 2.24) is 4.90 Å². The van der Waals surface area contributed by atoms with Gasteiger partial charge < -0.3 is 14.4 Å². The summed E-state index contributed by atoms with van der Waals surface area (Å²) in [5.41, 5.74) is 0.584. The molecule has 0 amide bonds. The number of nitrogens with zero attached hydrogens (tertiary/aromatic N) is 1. The lowest BCUT2D eigenvalue weighted by molar-refractivity contribution is -0.138. The van der Waals surface area contributed by atoms with Crippen LogP contribution in [-0.2, 0) is 14.3 Å². The highest BCUT2D eigenvalue weighted by Crippen LogP contribution is 2.37. The number of likely N-dealkylation sites (tertiary alicyclic amines) is 1. The van der Waals surface area contributed by atoms with E-state index in [9.17, 15) is 4.79 Å². The van der Waals surface area contributed by atoms with Gasteiger partial charge in [-0.3, -0.25) is 0 Å². The molecule has 18 heavy (non-hydrogen) atoms. The van der Waals surface area contributed by atoms with E-state index in [1.54, 1.807) is 7.11 Å². The average Bonchev–Trinajstić information content (AvgIpc) is 3.01. The minimum absolute atomic E-state index is 0.153. The number of cyclic esters (lactones) is 1. The van der Waals surface area contributed by atoms with Crippen molar-refractivity contribution in [3.05, 3.63) is 11.8 Å². The van der Waals surface area contributed by atoms with Gasteiger partial charge in [0.05, 0.1) is 11.6 Å². The molecule has 4 nitrogen and oxygen atoms in total. The summed E-state index contributed by atoms with van der Waals surface area (Å²) in [5, 5.41) is 0. The van der Waals surface area contributed by atoms with Crippen LogP contribution >= 0.6 is 0 Å². The minimum atomic E-state index is -0.181. The van der Waals surface area contributed by atoms with E-state index in [0.717, 1.165) is 37.9 Å². The normalized spacial score (nSPS) is 24.4. The first-order chi connectivity index (χ1) is 8.68. The zero-order valence-corrected chi connectivity index (χ0v) is 11.6. The third-order valence-electron chi connectivity index (χ3n) is 4.47. The molecule has 1 saturated heterocycles. The Bertz CT molecular complexity index is 339. The molecular formula is C14H23NO3. The Hall–Kier alpha value is -1.03. The Morgan fingerprint density at radius 3 is 2.72 bits per heavy atom. The number of carbonyl (C=O) groups excluding carboxylic acids is 1. The molecule has 2 heterocycles. The number of hydrogen-bond acceptors (Lipinski definition) is 4. The van der Waals surface area contributed by atoms with Crippen LogP contribution in [-0.4, -0.2) is 42.8 Å². The second kappa shape index (κ2) is 5.31. The van der Waals surface area contributed by atoms with Crippen molar-refractivity contribution in [3.8, 4) is 0 Å². The summed E-state index contributed by atoms with van der Waals surface area (Å²) in [4.78, 5) is 13.9. The second-order valence-electron chi connectivity index (χ2n) is 5.02. The van der Waals surface area contributed by atoms with Crippen molar-refractivity contribution < 1.29 is 14.3 Å². The molecule has 0 saturated carbocycles. The predicted molar refractivity (Wildman–Crippen MR) is 69.1 cm³/mol. The van der Waals surface area contributed by atoms with Crippen molar-refractivity contribution >= 4 is 5.97 Å². The topological polar surface area (TPSA) is 38.8 Å². The Balaban J connectivity index is 2.24. The van der Waals surface area contributed by atoms with Gasteiger partial charge in [-0.2, -0.15) is 0 Å². The van der Waals surface area contributed by atoms with Gasteiger partial charge in [-0.1, -0.05) is 13.8 Å². The largest absolute Gasteiger partial charge is 0.457 e. The summed E-state index contributed by atoms with van der Waals surface area (Å²) >= 11 is 0. The molecule has 0 aromatic rings. The van der Waals surface area contributed by atoms with Crippen LogP contribution in [0.15, 0.2) is 11.8 Å². The predicted octanol–water partition coefficient (Wildman–Crippen LogP) is 2.10. The zero-order valence-electron chi connectivity index (χ0n) is 11.6. The molecule has 1 fully saturated rings. The van der Waals surface area contributed by atoms with E-state index in [-0.39, 0.29) is 17.6 Å². The van der Waals surface area contributed by atoms with Gasteiger partial charge in [-0.15, -0.1) is 0 Å². The summed E-state index contributed by atoms with van der Waals surface area (Å²) in [5.74, 6) is -0.181. The molecule has 2 aliphatic rings. The first kappa shape index (κ1) is 13.4. The minimum Gasteiger partial charge on any atom is -0.457 e. The van der Waals surface area contributed by atoms with Crippen LogP contribution in [0.1, 0.15) is 39.5 Å². The van der Waals surface area contributed by atoms with Crippen LogP contribution in [0.25, 0.3) is 0 Å². The maximum Gasteiger partial charge on any atom is 0.354 e. The molecule has 0 radical (unpaired) electrons.